The second-order valence-corrected chi connectivity index (χ2v) is 3.61. The molecular weight excluding hydrogens is 180 g/mol. The Labute approximate surface area is 82.9 Å². The van der Waals surface area contributed by atoms with E-state index in [9.17, 15) is 5.11 Å². The fourth-order valence-corrected chi connectivity index (χ4v) is 1.56. The average molecular weight is 194 g/mol. The molecule has 2 N–H and O–H groups in total. The van der Waals surface area contributed by atoms with E-state index in [4.69, 9.17) is 4.74 Å². The van der Waals surface area contributed by atoms with E-state index in [1.165, 1.54) is 0 Å². The molecule has 76 valence electrons. The van der Waals surface area contributed by atoms with Crippen LogP contribution in [0.1, 0.15) is 25.6 Å². The molecule has 0 fully saturated rings. The van der Waals surface area contributed by atoms with Gasteiger partial charge in [0, 0.05) is 12.6 Å². The number of hydrogen-bond acceptors (Lipinski definition) is 4. The van der Waals surface area contributed by atoms with Crippen LogP contribution in [-0.2, 0) is 0 Å². The fourth-order valence-electron chi connectivity index (χ4n) is 1.56. The van der Waals surface area contributed by atoms with Crippen LogP contribution in [-0.4, -0.2) is 22.7 Å². The molecule has 0 spiro atoms. The molecule has 0 aromatic carbocycles. The van der Waals surface area contributed by atoms with Gasteiger partial charge in [0.05, 0.1) is 6.04 Å². The minimum absolute atomic E-state index is 0.0375. The SMILES string of the molecule is C[C@@H]1CN[C@@H](C)c2nc(O)ccc2O1. The maximum absolute atomic E-state index is 9.27. The Balaban J connectivity index is 2.42. The van der Waals surface area contributed by atoms with Crippen LogP contribution in [0.25, 0.3) is 0 Å². The molecule has 1 aliphatic rings. The molecule has 2 atom stereocenters. The minimum Gasteiger partial charge on any atom is -0.493 e. The molecule has 1 aromatic heterocycles. The Morgan fingerprint density at radius 2 is 2.29 bits per heavy atom. The molecule has 0 saturated carbocycles. The molecule has 2 heterocycles. The van der Waals surface area contributed by atoms with Crippen molar-refractivity contribution in [2.75, 3.05) is 6.54 Å². The van der Waals surface area contributed by atoms with Crippen LogP contribution in [0, 0.1) is 0 Å². The molecule has 1 aliphatic heterocycles. The molecule has 1 aromatic rings. The highest BCUT2D eigenvalue weighted by molar-refractivity contribution is 5.34. The third-order valence-electron chi connectivity index (χ3n) is 2.32. The molecule has 0 aliphatic carbocycles. The Morgan fingerprint density at radius 1 is 1.50 bits per heavy atom. The summed E-state index contributed by atoms with van der Waals surface area (Å²) in [4.78, 5) is 4.06. The number of ether oxygens (including phenoxy) is 1. The highest BCUT2D eigenvalue weighted by Crippen LogP contribution is 2.28. The summed E-state index contributed by atoms with van der Waals surface area (Å²) in [5.41, 5.74) is 0.773. The van der Waals surface area contributed by atoms with E-state index in [1.54, 1.807) is 12.1 Å². The molecule has 0 bridgehead atoms. The van der Waals surface area contributed by atoms with E-state index in [0.717, 1.165) is 18.0 Å². The van der Waals surface area contributed by atoms with E-state index < -0.39 is 0 Å². The lowest BCUT2D eigenvalue weighted by atomic mass is 10.2. The van der Waals surface area contributed by atoms with Gasteiger partial charge in [0.1, 0.15) is 17.5 Å². The number of nitrogens with one attached hydrogen (secondary N) is 1. The number of rotatable bonds is 0. The predicted octanol–water partition coefficient (Wildman–Crippen LogP) is 1.22. The largest absolute Gasteiger partial charge is 0.493 e. The first-order valence-electron chi connectivity index (χ1n) is 4.77. The third kappa shape index (κ3) is 1.65. The smallest absolute Gasteiger partial charge is 0.211 e. The summed E-state index contributed by atoms with van der Waals surface area (Å²) in [6.45, 7) is 4.80. The van der Waals surface area contributed by atoms with Gasteiger partial charge in [0.15, 0.2) is 0 Å². The van der Waals surface area contributed by atoms with Crippen LogP contribution in [0.4, 0.5) is 0 Å². The Morgan fingerprint density at radius 3 is 3.07 bits per heavy atom. The van der Waals surface area contributed by atoms with Crippen molar-refractivity contribution in [1.29, 1.82) is 0 Å². The molecule has 0 unspecified atom stereocenters. The van der Waals surface area contributed by atoms with Crippen LogP contribution in [0.2, 0.25) is 0 Å². The molecule has 0 amide bonds. The van der Waals surface area contributed by atoms with Gasteiger partial charge in [-0.1, -0.05) is 0 Å². The molecule has 0 radical (unpaired) electrons. The second-order valence-electron chi connectivity index (χ2n) is 3.61. The van der Waals surface area contributed by atoms with Crippen LogP contribution in [0.5, 0.6) is 11.6 Å². The maximum atomic E-state index is 9.27. The Kier molecular flexibility index (Phi) is 2.29. The van der Waals surface area contributed by atoms with Crippen molar-refractivity contribution in [3.63, 3.8) is 0 Å². The summed E-state index contributed by atoms with van der Waals surface area (Å²) in [6, 6.07) is 3.42. The predicted molar refractivity (Wildman–Crippen MR) is 52.4 cm³/mol. The van der Waals surface area contributed by atoms with Crippen LogP contribution < -0.4 is 10.1 Å². The quantitative estimate of drug-likeness (QED) is 0.652. The summed E-state index contributed by atoms with van der Waals surface area (Å²) in [7, 11) is 0. The van der Waals surface area contributed by atoms with Crippen molar-refractivity contribution < 1.29 is 9.84 Å². The normalized spacial score (nSPS) is 26.1. The molecule has 4 heteroatoms. The highest BCUT2D eigenvalue weighted by atomic mass is 16.5. The van der Waals surface area contributed by atoms with Crippen molar-refractivity contribution >= 4 is 0 Å². The van der Waals surface area contributed by atoms with E-state index in [2.05, 4.69) is 10.3 Å². The number of pyridine rings is 1. The van der Waals surface area contributed by atoms with E-state index >= 15 is 0 Å². The number of aromatic nitrogens is 1. The molecule has 2 rings (SSSR count). The lowest BCUT2D eigenvalue weighted by Crippen LogP contribution is -2.27. The van der Waals surface area contributed by atoms with Crippen molar-refractivity contribution in [2.45, 2.75) is 26.0 Å². The van der Waals surface area contributed by atoms with Crippen molar-refractivity contribution in [3.8, 4) is 11.6 Å². The Hall–Kier alpha value is -1.29. The zero-order chi connectivity index (χ0) is 10.1. The number of fused-ring (bicyclic) bond motifs is 1. The van der Waals surface area contributed by atoms with Crippen molar-refractivity contribution in [1.82, 2.24) is 10.3 Å². The van der Waals surface area contributed by atoms with Gasteiger partial charge < -0.3 is 15.2 Å². The van der Waals surface area contributed by atoms with Crippen LogP contribution in [0.15, 0.2) is 12.1 Å². The van der Waals surface area contributed by atoms with Gasteiger partial charge in [0.2, 0.25) is 5.88 Å². The molecular formula is C10H14N2O2. The third-order valence-corrected chi connectivity index (χ3v) is 2.32. The first-order valence-corrected chi connectivity index (χ1v) is 4.77. The zero-order valence-corrected chi connectivity index (χ0v) is 8.32. The van der Waals surface area contributed by atoms with Crippen molar-refractivity contribution in [2.24, 2.45) is 0 Å². The van der Waals surface area contributed by atoms with Crippen LogP contribution >= 0.6 is 0 Å². The van der Waals surface area contributed by atoms with Crippen LogP contribution in [0.3, 0.4) is 0 Å². The number of aromatic hydroxyl groups is 1. The summed E-state index contributed by atoms with van der Waals surface area (Å²) < 4.78 is 5.65. The van der Waals surface area contributed by atoms with Gasteiger partial charge in [0.25, 0.3) is 0 Å². The van der Waals surface area contributed by atoms with Gasteiger partial charge in [-0.3, -0.25) is 0 Å². The molecule has 0 saturated heterocycles. The van der Waals surface area contributed by atoms with E-state index in [0.29, 0.717) is 0 Å². The van der Waals surface area contributed by atoms with Gasteiger partial charge in [-0.05, 0) is 19.9 Å². The Bertz CT molecular complexity index is 341. The van der Waals surface area contributed by atoms with Gasteiger partial charge in [-0.2, -0.15) is 0 Å². The summed E-state index contributed by atoms with van der Waals surface area (Å²) in [5, 5.41) is 12.5. The summed E-state index contributed by atoms with van der Waals surface area (Å²) in [5.74, 6) is 0.795. The first kappa shape index (κ1) is 9.27. The van der Waals surface area contributed by atoms with E-state index in [1.807, 2.05) is 13.8 Å². The lowest BCUT2D eigenvalue weighted by Gasteiger charge is -2.11. The fraction of sp³-hybridized carbons (Fsp3) is 0.500. The summed E-state index contributed by atoms with van der Waals surface area (Å²) in [6.07, 6.45) is 0.130. The molecule has 14 heavy (non-hydrogen) atoms. The number of hydrogen-bond donors (Lipinski definition) is 2. The topological polar surface area (TPSA) is 54.4 Å². The zero-order valence-electron chi connectivity index (χ0n) is 8.32. The summed E-state index contributed by atoms with van der Waals surface area (Å²) >= 11 is 0. The number of nitrogens with zero attached hydrogens (tertiary/aromatic N) is 1. The standard InChI is InChI=1S/C10H14N2O2/c1-6-5-11-7(2)10-8(14-6)3-4-9(13)12-10/h3-4,6-7,11H,5H2,1-2H3,(H,12,13)/t6-,7+/m1/s1. The van der Waals surface area contributed by atoms with Gasteiger partial charge >= 0.3 is 0 Å². The van der Waals surface area contributed by atoms with Gasteiger partial charge in [-0.15, -0.1) is 0 Å². The second kappa shape index (κ2) is 3.46. The van der Waals surface area contributed by atoms with E-state index in [-0.39, 0.29) is 18.0 Å². The van der Waals surface area contributed by atoms with Crippen molar-refractivity contribution in [3.05, 3.63) is 17.8 Å². The monoisotopic (exact) mass is 194 g/mol. The molecule has 4 nitrogen and oxygen atoms in total. The highest BCUT2D eigenvalue weighted by Gasteiger charge is 2.20. The maximum Gasteiger partial charge on any atom is 0.211 e. The lowest BCUT2D eigenvalue weighted by molar-refractivity contribution is 0.225. The minimum atomic E-state index is 0.0375. The average Bonchev–Trinajstić information content (AvgIpc) is 2.29. The first-order chi connectivity index (χ1) is 6.66. The van der Waals surface area contributed by atoms with Gasteiger partial charge in [-0.25, -0.2) is 4.98 Å².